The number of alkyl halides is 6. The Hall–Kier alpha value is -7.36. The number of carbonyl (C=O) groups is 2. The molecule has 4 aliphatic rings. The van der Waals surface area contributed by atoms with Crippen LogP contribution in [0.1, 0.15) is 72.2 Å². The minimum atomic E-state index is -4.50. The molecule has 0 bridgehead atoms. The Morgan fingerprint density at radius 2 is 1.00 bits per heavy atom. The average Bonchev–Trinajstić information content (AvgIpc) is 3.91. The Balaban J connectivity index is 0.000000174. The molecule has 22 heteroatoms. The Labute approximate surface area is 398 Å². The predicted molar refractivity (Wildman–Crippen MR) is 242 cm³/mol. The molecule has 0 aliphatic carbocycles. The van der Waals surface area contributed by atoms with E-state index in [2.05, 4.69) is 42.5 Å². The molecule has 0 saturated carbocycles. The fraction of sp³-hybridized carbons (Fsp3) is 0.458. The molecule has 0 radical (unpaired) electrons. The molecule has 2 saturated heterocycles. The van der Waals surface area contributed by atoms with Gasteiger partial charge in [0.05, 0.1) is 57.8 Å². The maximum Gasteiger partial charge on any atom is 0.416 e. The molecule has 364 valence electrons. The largest absolute Gasteiger partial charge is 0.416 e. The number of nitrogens with zero attached hydrogens (tertiary/aromatic N) is 14. The van der Waals surface area contributed by atoms with Gasteiger partial charge in [-0.2, -0.15) is 36.9 Å². The number of amides is 2. The van der Waals surface area contributed by atoms with Gasteiger partial charge >= 0.3 is 12.4 Å². The first kappa shape index (κ1) is 47.7. The average molecular weight is 967 g/mol. The van der Waals surface area contributed by atoms with Gasteiger partial charge in [0.15, 0.2) is 11.6 Å². The standard InChI is InChI=1S/2C24H24F3N7O/c2*1-14-12-32(6-5-18(14)23(35)33-7-8-34-15(2)30-31-21(34)13-33)22-16(10-28)11-29-20-4-3-17(9-19(20)22)24(25,26)27/h2*3-4,9,11,14,18H,5-8,12-13H2,1-2H3/t2*14-,18+/m10/s1. The summed E-state index contributed by atoms with van der Waals surface area (Å²) in [5.74, 6) is 2.78. The van der Waals surface area contributed by atoms with Crippen LogP contribution in [0.5, 0.6) is 0 Å². The van der Waals surface area contributed by atoms with Gasteiger partial charge in [-0.05, 0) is 74.9 Å². The molecular formula is C48H48F6N14O2. The molecule has 0 unspecified atom stereocenters. The number of benzene rings is 2. The van der Waals surface area contributed by atoms with E-state index in [9.17, 15) is 46.5 Å². The quantitative estimate of drug-likeness (QED) is 0.164. The number of hydrogen-bond donors (Lipinski definition) is 0. The minimum Gasteiger partial charge on any atom is -0.370 e. The molecule has 16 nitrogen and oxygen atoms in total. The number of carbonyl (C=O) groups excluding carboxylic acids is 2. The minimum absolute atomic E-state index is 0.0571. The van der Waals surface area contributed by atoms with Crippen molar-refractivity contribution in [2.24, 2.45) is 23.7 Å². The molecule has 10 rings (SSSR count). The Kier molecular flexibility index (Phi) is 12.6. The summed E-state index contributed by atoms with van der Waals surface area (Å²) in [5.41, 5.74) is 0.560. The van der Waals surface area contributed by atoms with Crippen molar-refractivity contribution in [2.75, 3.05) is 49.1 Å². The number of halogens is 6. The van der Waals surface area contributed by atoms with Gasteiger partial charge in [-0.1, -0.05) is 13.8 Å². The maximum atomic E-state index is 13.4. The number of aryl methyl sites for hydroxylation is 2. The second-order valence-corrected chi connectivity index (χ2v) is 18.5. The van der Waals surface area contributed by atoms with E-state index >= 15 is 0 Å². The Bertz CT molecular complexity index is 2890. The highest BCUT2D eigenvalue weighted by molar-refractivity contribution is 5.96. The third-order valence-electron chi connectivity index (χ3n) is 14.2. The highest BCUT2D eigenvalue weighted by Crippen LogP contribution is 2.40. The molecule has 4 aliphatic heterocycles. The fourth-order valence-corrected chi connectivity index (χ4v) is 10.4. The molecule has 2 amide bonds. The topological polar surface area (TPSA) is 182 Å². The lowest BCUT2D eigenvalue weighted by molar-refractivity contribution is -0.140. The van der Waals surface area contributed by atoms with Gasteiger partial charge in [-0.3, -0.25) is 19.6 Å². The summed E-state index contributed by atoms with van der Waals surface area (Å²) in [6.45, 7) is 12.9. The van der Waals surface area contributed by atoms with E-state index in [0.717, 1.165) is 47.6 Å². The van der Waals surface area contributed by atoms with Gasteiger partial charge in [-0.15, -0.1) is 20.4 Å². The highest BCUT2D eigenvalue weighted by Gasteiger charge is 2.39. The van der Waals surface area contributed by atoms with Crippen molar-refractivity contribution in [1.29, 1.82) is 10.5 Å². The van der Waals surface area contributed by atoms with Crippen LogP contribution < -0.4 is 9.80 Å². The number of pyridine rings is 2. The number of aromatic nitrogens is 8. The fourth-order valence-electron chi connectivity index (χ4n) is 10.4. The third kappa shape index (κ3) is 9.02. The van der Waals surface area contributed by atoms with Crippen LogP contribution in [0.15, 0.2) is 48.8 Å². The molecule has 4 aromatic heterocycles. The monoisotopic (exact) mass is 966 g/mol. The summed E-state index contributed by atoms with van der Waals surface area (Å²) in [5, 5.41) is 36.5. The zero-order valence-electron chi connectivity index (χ0n) is 38.8. The van der Waals surface area contributed by atoms with Gasteiger partial charge in [-0.25, -0.2) is 0 Å². The third-order valence-corrected chi connectivity index (χ3v) is 14.2. The van der Waals surface area contributed by atoms with Crippen molar-refractivity contribution in [3.8, 4) is 12.1 Å². The van der Waals surface area contributed by atoms with Gasteiger partial charge in [0.25, 0.3) is 0 Å². The SMILES string of the molecule is Cc1nnc2n1CCN(C(=O)[C@@H]1CCN(c3c(C#N)cnc4ccc(C(F)(F)F)cc34)C[C@@H]1C)C2.Cc1nnc2n1CCN(C(=O)[C@H]1CCN(c3c(C#N)cnc4ccc(C(F)(F)F)cc34)C[C@H]1C)C2. The Morgan fingerprint density at radius 1 is 0.600 bits per heavy atom. The number of anilines is 2. The molecule has 0 spiro atoms. The number of nitriles is 2. The summed E-state index contributed by atoms with van der Waals surface area (Å²) in [6.07, 6.45) is -5.13. The van der Waals surface area contributed by atoms with Gasteiger partial charge < -0.3 is 28.7 Å². The molecular weight excluding hydrogens is 919 g/mol. The maximum absolute atomic E-state index is 13.4. The van der Waals surface area contributed by atoms with Crippen LogP contribution in [0.2, 0.25) is 0 Å². The molecule has 0 N–H and O–H groups in total. The van der Waals surface area contributed by atoms with Crippen LogP contribution in [0.4, 0.5) is 37.7 Å². The van der Waals surface area contributed by atoms with Crippen LogP contribution >= 0.6 is 0 Å². The molecule has 2 fully saturated rings. The first-order chi connectivity index (χ1) is 33.3. The van der Waals surface area contributed by atoms with Crippen LogP contribution in [-0.2, 0) is 48.1 Å². The lowest BCUT2D eigenvalue weighted by Gasteiger charge is -2.40. The van der Waals surface area contributed by atoms with Crippen molar-refractivity contribution in [2.45, 2.75) is 79.1 Å². The molecule has 4 atom stereocenters. The van der Waals surface area contributed by atoms with E-state index < -0.39 is 23.5 Å². The summed E-state index contributed by atoms with van der Waals surface area (Å²) >= 11 is 0. The Morgan fingerprint density at radius 3 is 1.36 bits per heavy atom. The molecule has 8 heterocycles. The van der Waals surface area contributed by atoms with E-state index in [1.54, 1.807) is 0 Å². The van der Waals surface area contributed by atoms with Crippen LogP contribution in [-0.4, -0.2) is 100 Å². The second-order valence-electron chi connectivity index (χ2n) is 18.5. The number of piperidine rings is 2. The predicted octanol–water partition coefficient (Wildman–Crippen LogP) is 7.06. The molecule has 6 aromatic rings. The zero-order valence-corrected chi connectivity index (χ0v) is 38.8. The summed E-state index contributed by atoms with van der Waals surface area (Å²) < 4.78 is 84.4. The van der Waals surface area contributed by atoms with Crippen LogP contribution in [0.3, 0.4) is 0 Å². The van der Waals surface area contributed by atoms with Gasteiger partial charge in [0.2, 0.25) is 11.8 Å². The van der Waals surface area contributed by atoms with Crippen molar-refractivity contribution in [3.63, 3.8) is 0 Å². The van der Waals surface area contributed by atoms with E-state index in [-0.39, 0.29) is 46.6 Å². The second kappa shape index (κ2) is 18.5. The highest BCUT2D eigenvalue weighted by atomic mass is 19.4. The van der Waals surface area contributed by atoms with Crippen molar-refractivity contribution in [3.05, 3.63) is 94.3 Å². The van der Waals surface area contributed by atoms with E-state index in [0.29, 0.717) is 111 Å². The van der Waals surface area contributed by atoms with Crippen LogP contribution in [0, 0.1) is 60.2 Å². The lowest BCUT2D eigenvalue weighted by Crippen LogP contribution is -2.49. The number of rotatable bonds is 4. The molecule has 2 aromatic carbocycles. The summed E-state index contributed by atoms with van der Waals surface area (Å²) in [6, 6.07) is 10.9. The first-order valence-corrected chi connectivity index (χ1v) is 23.0. The lowest BCUT2D eigenvalue weighted by atomic mass is 9.85. The van der Waals surface area contributed by atoms with Crippen molar-refractivity contribution >= 4 is 45.0 Å². The van der Waals surface area contributed by atoms with Crippen molar-refractivity contribution in [1.82, 2.24) is 49.3 Å². The zero-order chi connectivity index (χ0) is 49.8. The smallest absolute Gasteiger partial charge is 0.370 e. The normalized spacial score (nSPS) is 20.6. The van der Waals surface area contributed by atoms with Gasteiger partial charge in [0.1, 0.15) is 23.8 Å². The number of hydrogen-bond acceptors (Lipinski definition) is 12. The van der Waals surface area contributed by atoms with E-state index in [1.807, 2.05) is 56.4 Å². The van der Waals surface area contributed by atoms with Crippen LogP contribution in [0.25, 0.3) is 21.8 Å². The molecule has 70 heavy (non-hydrogen) atoms. The van der Waals surface area contributed by atoms with E-state index in [4.69, 9.17) is 0 Å². The summed E-state index contributed by atoms with van der Waals surface area (Å²) in [7, 11) is 0. The van der Waals surface area contributed by atoms with E-state index in [1.165, 1.54) is 24.5 Å². The van der Waals surface area contributed by atoms with Crippen molar-refractivity contribution < 1.29 is 35.9 Å². The van der Waals surface area contributed by atoms with Gasteiger partial charge in [0, 0.05) is 87.4 Å². The number of fused-ring (bicyclic) bond motifs is 4. The summed E-state index contributed by atoms with van der Waals surface area (Å²) in [4.78, 5) is 42.6. The first-order valence-electron chi connectivity index (χ1n) is 23.0.